The van der Waals surface area contributed by atoms with Crippen LogP contribution in [0.3, 0.4) is 0 Å². The van der Waals surface area contributed by atoms with Gasteiger partial charge in [0.2, 0.25) is 0 Å². The zero-order chi connectivity index (χ0) is 17.4. The Morgan fingerprint density at radius 3 is 2.52 bits per heavy atom. The number of ether oxygens (including phenoxy) is 1. The summed E-state index contributed by atoms with van der Waals surface area (Å²) in [7, 11) is 1.66. The van der Waals surface area contributed by atoms with Crippen LogP contribution in [0.1, 0.15) is 11.4 Å². The second-order valence-corrected chi connectivity index (χ2v) is 5.97. The zero-order valence-corrected chi connectivity index (χ0v) is 14.4. The van der Waals surface area contributed by atoms with Crippen LogP contribution >= 0.6 is 0 Å². The summed E-state index contributed by atoms with van der Waals surface area (Å²) in [5.41, 5.74) is 4.61. The predicted molar refractivity (Wildman–Crippen MR) is 98.5 cm³/mol. The molecule has 3 heterocycles. The summed E-state index contributed by atoms with van der Waals surface area (Å²) >= 11 is 0. The first-order chi connectivity index (χ1) is 12.1. The summed E-state index contributed by atoms with van der Waals surface area (Å²) in [4.78, 5) is 12.4. The van der Waals surface area contributed by atoms with Crippen LogP contribution in [-0.4, -0.2) is 26.5 Å². The minimum atomic E-state index is 0.811. The third-order valence-corrected chi connectivity index (χ3v) is 4.07. The minimum Gasteiger partial charge on any atom is -0.497 e. The Morgan fingerprint density at radius 2 is 1.84 bits per heavy atom. The van der Waals surface area contributed by atoms with Crippen LogP contribution in [0, 0.1) is 13.8 Å². The maximum Gasteiger partial charge on any atom is 0.145 e. The molecule has 6 heteroatoms. The number of hydrogen-bond acceptors (Lipinski definition) is 4. The van der Waals surface area contributed by atoms with Crippen molar-refractivity contribution in [2.24, 2.45) is 0 Å². The number of pyridine rings is 1. The van der Waals surface area contributed by atoms with Gasteiger partial charge in [-0.1, -0.05) is 6.07 Å². The lowest BCUT2D eigenvalue weighted by atomic mass is 10.2. The summed E-state index contributed by atoms with van der Waals surface area (Å²) in [6.07, 6.45) is 3.94. The van der Waals surface area contributed by atoms with E-state index in [1.54, 1.807) is 7.11 Å². The van der Waals surface area contributed by atoms with Crippen LogP contribution < -0.4 is 10.1 Å². The first-order valence-electron chi connectivity index (χ1n) is 8.06. The fourth-order valence-electron chi connectivity index (χ4n) is 2.80. The number of nitrogens with zero attached hydrogens (tertiary/aromatic N) is 3. The molecule has 0 aliphatic carbocycles. The van der Waals surface area contributed by atoms with Crippen LogP contribution in [0.15, 0.2) is 48.8 Å². The third kappa shape index (κ3) is 2.82. The molecule has 3 aromatic heterocycles. The van der Waals surface area contributed by atoms with Gasteiger partial charge >= 0.3 is 0 Å². The molecule has 0 saturated heterocycles. The van der Waals surface area contributed by atoms with Gasteiger partial charge in [0.05, 0.1) is 7.11 Å². The second kappa shape index (κ2) is 5.98. The van der Waals surface area contributed by atoms with Gasteiger partial charge in [-0.2, -0.15) is 0 Å². The lowest BCUT2D eigenvalue weighted by molar-refractivity contribution is 0.415. The fraction of sp³-hybridized carbons (Fsp3) is 0.158. The fourth-order valence-corrected chi connectivity index (χ4v) is 2.80. The highest BCUT2D eigenvalue weighted by molar-refractivity contribution is 5.78. The smallest absolute Gasteiger partial charge is 0.145 e. The molecule has 0 saturated carbocycles. The maximum absolute atomic E-state index is 5.23. The molecule has 2 N–H and O–H groups in total. The molecule has 6 nitrogen and oxygen atoms in total. The van der Waals surface area contributed by atoms with Gasteiger partial charge in [0.1, 0.15) is 34.4 Å². The van der Waals surface area contributed by atoms with Gasteiger partial charge in [0.25, 0.3) is 0 Å². The molecule has 4 rings (SSSR count). The van der Waals surface area contributed by atoms with Crippen molar-refractivity contribution in [1.29, 1.82) is 0 Å². The van der Waals surface area contributed by atoms with Crippen molar-refractivity contribution in [1.82, 2.24) is 19.4 Å². The van der Waals surface area contributed by atoms with E-state index in [2.05, 4.69) is 38.9 Å². The second-order valence-electron chi connectivity index (χ2n) is 5.97. The zero-order valence-electron chi connectivity index (χ0n) is 14.4. The van der Waals surface area contributed by atoms with Crippen LogP contribution in [-0.2, 0) is 0 Å². The number of aromatic amines is 1. The largest absolute Gasteiger partial charge is 0.497 e. The topological polar surface area (TPSA) is 67.2 Å². The Bertz CT molecular complexity index is 1030. The van der Waals surface area contributed by atoms with Gasteiger partial charge in [-0.25, -0.2) is 9.97 Å². The Morgan fingerprint density at radius 1 is 1.04 bits per heavy atom. The van der Waals surface area contributed by atoms with Crippen LogP contribution in [0.5, 0.6) is 5.75 Å². The van der Waals surface area contributed by atoms with Crippen molar-refractivity contribution in [3.63, 3.8) is 0 Å². The molecule has 0 aliphatic heterocycles. The lowest BCUT2D eigenvalue weighted by Crippen LogP contribution is -1.97. The number of imidazole rings is 2. The Hall–Kier alpha value is -3.28. The highest BCUT2D eigenvalue weighted by Crippen LogP contribution is 2.31. The molecular weight excluding hydrogens is 314 g/mol. The molecule has 0 spiro atoms. The number of anilines is 2. The molecule has 4 aromatic rings. The Labute approximate surface area is 145 Å². The number of benzene rings is 1. The van der Waals surface area contributed by atoms with Gasteiger partial charge in [-0.3, -0.25) is 4.40 Å². The molecule has 126 valence electrons. The van der Waals surface area contributed by atoms with Gasteiger partial charge < -0.3 is 15.0 Å². The molecule has 0 bridgehead atoms. The number of rotatable bonds is 4. The maximum atomic E-state index is 5.23. The summed E-state index contributed by atoms with van der Waals surface area (Å²) in [6.45, 7) is 4.00. The molecule has 1 aromatic carbocycles. The standard InChI is InChI=1S/C19H19N5O/c1-12-4-9-17-23-18(16-10-20-13(2)21-16)19(24(17)11-12)22-14-5-7-15(25-3)8-6-14/h4-11,22H,1-3H3,(H,20,21). The molecule has 0 atom stereocenters. The highest BCUT2D eigenvalue weighted by atomic mass is 16.5. The van der Waals surface area contributed by atoms with Crippen molar-refractivity contribution in [3.8, 4) is 17.1 Å². The van der Waals surface area contributed by atoms with Crippen LogP contribution in [0.2, 0.25) is 0 Å². The molecule has 25 heavy (non-hydrogen) atoms. The minimum absolute atomic E-state index is 0.811. The SMILES string of the molecule is COc1ccc(Nc2c(-c3c[nH]c(C)n3)nc3ccc(C)cn23)cc1. The number of aromatic nitrogens is 4. The average Bonchev–Trinajstić information content (AvgIpc) is 3.19. The first kappa shape index (κ1) is 15.3. The number of H-pyrrole nitrogens is 1. The van der Waals surface area contributed by atoms with Crippen molar-refractivity contribution in [2.45, 2.75) is 13.8 Å². The summed E-state index contributed by atoms with van der Waals surface area (Å²) in [5, 5.41) is 3.47. The van der Waals surface area contributed by atoms with E-state index in [1.807, 2.05) is 43.5 Å². The first-order valence-corrected chi connectivity index (χ1v) is 8.06. The van der Waals surface area contributed by atoms with Gasteiger partial charge in [0, 0.05) is 18.1 Å². The number of fused-ring (bicyclic) bond motifs is 1. The van der Waals surface area contributed by atoms with E-state index in [-0.39, 0.29) is 0 Å². The Kier molecular flexibility index (Phi) is 3.65. The highest BCUT2D eigenvalue weighted by Gasteiger charge is 2.16. The number of hydrogen-bond donors (Lipinski definition) is 2. The van der Waals surface area contributed by atoms with Gasteiger partial charge in [-0.15, -0.1) is 0 Å². The normalized spacial score (nSPS) is 11.0. The number of nitrogens with one attached hydrogen (secondary N) is 2. The van der Waals surface area contributed by atoms with E-state index in [0.29, 0.717) is 0 Å². The average molecular weight is 333 g/mol. The predicted octanol–water partition coefficient (Wildman–Crippen LogP) is 4.09. The summed E-state index contributed by atoms with van der Waals surface area (Å²) in [5.74, 6) is 2.57. The molecule has 0 aliphatic rings. The van der Waals surface area contributed by atoms with Crippen molar-refractivity contribution in [3.05, 3.63) is 60.2 Å². The monoisotopic (exact) mass is 333 g/mol. The Balaban J connectivity index is 1.85. The summed E-state index contributed by atoms with van der Waals surface area (Å²) in [6, 6.07) is 11.9. The van der Waals surface area contributed by atoms with E-state index >= 15 is 0 Å². The van der Waals surface area contributed by atoms with Crippen LogP contribution in [0.4, 0.5) is 11.5 Å². The third-order valence-electron chi connectivity index (χ3n) is 4.07. The van der Waals surface area contributed by atoms with E-state index in [4.69, 9.17) is 9.72 Å². The van der Waals surface area contributed by atoms with Crippen molar-refractivity contribution < 1.29 is 4.74 Å². The van der Waals surface area contributed by atoms with Crippen LogP contribution in [0.25, 0.3) is 17.0 Å². The number of aryl methyl sites for hydroxylation is 2. The molecular formula is C19H19N5O. The summed E-state index contributed by atoms with van der Waals surface area (Å²) < 4.78 is 7.28. The van der Waals surface area contributed by atoms with E-state index in [9.17, 15) is 0 Å². The van der Waals surface area contributed by atoms with Gasteiger partial charge in [0.15, 0.2) is 0 Å². The van der Waals surface area contributed by atoms with E-state index in [0.717, 1.165) is 45.7 Å². The van der Waals surface area contributed by atoms with Crippen molar-refractivity contribution >= 4 is 17.2 Å². The molecule has 0 amide bonds. The van der Waals surface area contributed by atoms with Gasteiger partial charge in [-0.05, 0) is 49.7 Å². The van der Waals surface area contributed by atoms with Crippen molar-refractivity contribution in [2.75, 3.05) is 12.4 Å². The van der Waals surface area contributed by atoms with E-state index < -0.39 is 0 Å². The lowest BCUT2D eigenvalue weighted by Gasteiger charge is -2.09. The molecule has 0 radical (unpaired) electrons. The molecule has 0 fully saturated rings. The quantitative estimate of drug-likeness (QED) is 0.590. The molecule has 0 unspecified atom stereocenters. The number of methoxy groups -OCH3 is 1. The van der Waals surface area contributed by atoms with E-state index in [1.165, 1.54) is 0 Å².